The van der Waals surface area contributed by atoms with Crippen LogP contribution in [0.15, 0.2) is 65.1 Å². The number of furan rings is 1. The summed E-state index contributed by atoms with van der Waals surface area (Å²) in [5.74, 6) is 0.994. The zero-order chi connectivity index (χ0) is 15.8. The van der Waals surface area contributed by atoms with Gasteiger partial charge < -0.3 is 4.42 Å². The number of benzene rings is 2. The van der Waals surface area contributed by atoms with Gasteiger partial charge >= 0.3 is 0 Å². The predicted molar refractivity (Wildman–Crippen MR) is 86.0 cm³/mol. The molecule has 0 radical (unpaired) electrons. The summed E-state index contributed by atoms with van der Waals surface area (Å²) < 4.78 is 32.5. The van der Waals surface area contributed by atoms with Crippen molar-refractivity contribution >= 4 is 0 Å². The normalized spacial score (nSPS) is 13.1. The van der Waals surface area contributed by atoms with E-state index in [0.29, 0.717) is 0 Å². The molecule has 0 N–H and O–H groups in total. The van der Waals surface area contributed by atoms with Crippen molar-refractivity contribution in [2.24, 2.45) is 0 Å². The van der Waals surface area contributed by atoms with Gasteiger partial charge in [-0.3, -0.25) is 0 Å². The van der Waals surface area contributed by atoms with Crippen LogP contribution in [0.3, 0.4) is 0 Å². The molecule has 1 aliphatic rings. The van der Waals surface area contributed by atoms with Crippen molar-refractivity contribution in [2.75, 3.05) is 0 Å². The molecule has 0 saturated heterocycles. The third kappa shape index (κ3) is 2.48. The first-order chi connectivity index (χ1) is 11.2. The molecule has 3 heteroatoms. The van der Waals surface area contributed by atoms with E-state index in [4.69, 9.17) is 4.42 Å². The third-order valence-corrected chi connectivity index (χ3v) is 4.14. The van der Waals surface area contributed by atoms with Crippen molar-refractivity contribution in [3.05, 3.63) is 83.4 Å². The van der Waals surface area contributed by atoms with Crippen LogP contribution in [0.1, 0.15) is 11.1 Å². The van der Waals surface area contributed by atoms with Crippen molar-refractivity contribution in [3.8, 4) is 22.6 Å². The lowest BCUT2D eigenvalue weighted by Gasteiger charge is -2.07. The summed E-state index contributed by atoms with van der Waals surface area (Å²) in [7, 11) is 0. The molecule has 0 saturated carbocycles. The lowest BCUT2D eigenvalue weighted by Crippen LogP contribution is -1.96. The monoisotopic (exact) mass is 308 g/mol. The molecule has 0 fully saturated rings. The summed E-state index contributed by atoms with van der Waals surface area (Å²) in [6, 6.07) is 12.6. The Kier molecular flexibility index (Phi) is 3.34. The average Bonchev–Trinajstić information content (AvgIpc) is 2.96. The van der Waals surface area contributed by atoms with Gasteiger partial charge in [0.15, 0.2) is 0 Å². The van der Waals surface area contributed by atoms with E-state index in [2.05, 4.69) is 12.2 Å². The SMILES string of the molecule is Fc1ccc(-c2oc(-c3ccc(F)cc3)c3c2CC=CC3)cc1. The van der Waals surface area contributed by atoms with Crippen LogP contribution in [0.25, 0.3) is 22.6 Å². The van der Waals surface area contributed by atoms with Crippen LogP contribution in [0.4, 0.5) is 8.78 Å². The van der Waals surface area contributed by atoms with Gasteiger partial charge in [-0.25, -0.2) is 8.78 Å². The summed E-state index contributed by atoms with van der Waals surface area (Å²) in [5, 5.41) is 0. The number of fused-ring (bicyclic) bond motifs is 1. The number of hydrogen-bond acceptors (Lipinski definition) is 1. The van der Waals surface area contributed by atoms with Gasteiger partial charge in [0.05, 0.1) is 0 Å². The Labute approximate surface area is 132 Å². The molecule has 114 valence electrons. The minimum absolute atomic E-state index is 0.271. The molecule has 0 bridgehead atoms. The van der Waals surface area contributed by atoms with Gasteiger partial charge in [-0.2, -0.15) is 0 Å². The predicted octanol–water partition coefficient (Wildman–Crippen LogP) is 5.55. The minimum atomic E-state index is -0.271. The maximum absolute atomic E-state index is 13.2. The van der Waals surface area contributed by atoms with E-state index in [1.807, 2.05) is 0 Å². The molecule has 0 spiro atoms. The number of rotatable bonds is 2. The number of halogens is 2. The smallest absolute Gasteiger partial charge is 0.138 e. The Hall–Kier alpha value is -2.68. The molecule has 1 aliphatic carbocycles. The van der Waals surface area contributed by atoms with Crippen molar-refractivity contribution in [3.63, 3.8) is 0 Å². The Morgan fingerprint density at radius 1 is 0.609 bits per heavy atom. The second-order valence-corrected chi connectivity index (χ2v) is 5.61. The molecule has 0 aliphatic heterocycles. The average molecular weight is 308 g/mol. The van der Waals surface area contributed by atoms with Gasteiger partial charge in [-0.15, -0.1) is 0 Å². The van der Waals surface area contributed by atoms with Crippen LogP contribution in [-0.2, 0) is 12.8 Å². The summed E-state index contributed by atoms with van der Waals surface area (Å²) in [6.07, 6.45) is 5.79. The topological polar surface area (TPSA) is 13.1 Å². The second-order valence-electron chi connectivity index (χ2n) is 5.61. The van der Waals surface area contributed by atoms with Gasteiger partial charge in [0.1, 0.15) is 23.2 Å². The van der Waals surface area contributed by atoms with Gasteiger partial charge in [0.25, 0.3) is 0 Å². The number of hydrogen-bond donors (Lipinski definition) is 0. The van der Waals surface area contributed by atoms with Crippen LogP contribution < -0.4 is 0 Å². The van der Waals surface area contributed by atoms with E-state index in [0.717, 1.165) is 46.6 Å². The summed E-state index contributed by atoms with van der Waals surface area (Å²) in [5.41, 5.74) is 3.95. The summed E-state index contributed by atoms with van der Waals surface area (Å²) in [4.78, 5) is 0. The van der Waals surface area contributed by atoms with E-state index < -0.39 is 0 Å². The van der Waals surface area contributed by atoms with Crippen molar-refractivity contribution in [1.82, 2.24) is 0 Å². The molecular formula is C20H14F2O. The second kappa shape index (κ2) is 5.51. The first-order valence-electron chi connectivity index (χ1n) is 7.54. The Bertz CT molecular complexity index is 799. The highest BCUT2D eigenvalue weighted by Gasteiger charge is 2.22. The minimum Gasteiger partial charge on any atom is -0.455 e. The van der Waals surface area contributed by atoms with Crippen molar-refractivity contribution < 1.29 is 13.2 Å². The largest absolute Gasteiger partial charge is 0.455 e. The van der Waals surface area contributed by atoms with E-state index in [1.165, 1.54) is 24.3 Å². The van der Waals surface area contributed by atoms with Crippen LogP contribution >= 0.6 is 0 Å². The maximum atomic E-state index is 13.2. The fourth-order valence-electron chi connectivity index (χ4n) is 3.00. The van der Waals surface area contributed by atoms with Gasteiger partial charge in [-0.1, -0.05) is 12.2 Å². The molecule has 4 rings (SSSR count). The molecule has 1 heterocycles. The van der Waals surface area contributed by atoms with Gasteiger partial charge in [0.2, 0.25) is 0 Å². The lowest BCUT2D eigenvalue weighted by molar-refractivity contribution is 0.591. The summed E-state index contributed by atoms with van der Waals surface area (Å²) in [6.45, 7) is 0. The highest BCUT2D eigenvalue weighted by molar-refractivity contribution is 5.73. The molecule has 0 unspecified atom stereocenters. The Balaban J connectivity index is 1.88. The van der Waals surface area contributed by atoms with E-state index >= 15 is 0 Å². The van der Waals surface area contributed by atoms with Crippen LogP contribution in [0, 0.1) is 11.6 Å². The van der Waals surface area contributed by atoms with E-state index in [9.17, 15) is 8.78 Å². The van der Waals surface area contributed by atoms with Crippen molar-refractivity contribution in [2.45, 2.75) is 12.8 Å². The molecule has 1 nitrogen and oxygen atoms in total. The molecule has 0 atom stereocenters. The van der Waals surface area contributed by atoms with Gasteiger partial charge in [-0.05, 0) is 61.4 Å². The summed E-state index contributed by atoms with van der Waals surface area (Å²) >= 11 is 0. The first-order valence-corrected chi connectivity index (χ1v) is 7.54. The Morgan fingerprint density at radius 2 is 1.00 bits per heavy atom. The third-order valence-electron chi connectivity index (χ3n) is 4.14. The zero-order valence-electron chi connectivity index (χ0n) is 12.4. The highest BCUT2D eigenvalue weighted by Crippen LogP contribution is 2.39. The quantitative estimate of drug-likeness (QED) is 0.566. The molecule has 2 aromatic carbocycles. The Morgan fingerprint density at radius 3 is 1.39 bits per heavy atom. The molecule has 23 heavy (non-hydrogen) atoms. The molecular weight excluding hydrogens is 294 g/mol. The highest BCUT2D eigenvalue weighted by atomic mass is 19.1. The van der Waals surface area contributed by atoms with Gasteiger partial charge in [0, 0.05) is 22.3 Å². The standard InChI is InChI=1S/C20H14F2O/c21-15-9-5-13(6-10-15)19-17-3-1-2-4-18(17)20(23-19)14-7-11-16(22)12-8-14/h1-2,5-12H,3-4H2. The fourth-order valence-corrected chi connectivity index (χ4v) is 3.00. The number of allylic oxidation sites excluding steroid dienone is 2. The molecule has 1 aromatic heterocycles. The van der Waals surface area contributed by atoms with Crippen LogP contribution in [0.2, 0.25) is 0 Å². The fraction of sp³-hybridized carbons (Fsp3) is 0.100. The van der Waals surface area contributed by atoms with Crippen molar-refractivity contribution in [1.29, 1.82) is 0 Å². The maximum Gasteiger partial charge on any atom is 0.138 e. The van der Waals surface area contributed by atoms with E-state index in [1.54, 1.807) is 24.3 Å². The van der Waals surface area contributed by atoms with E-state index in [-0.39, 0.29) is 11.6 Å². The lowest BCUT2D eigenvalue weighted by atomic mass is 9.93. The molecule has 0 amide bonds. The first kappa shape index (κ1) is 13.9. The van der Waals surface area contributed by atoms with Crippen LogP contribution in [0.5, 0.6) is 0 Å². The van der Waals surface area contributed by atoms with Crippen LogP contribution in [-0.4, -0.2) is 0 Å². The zero-order valence-corrected chi connectivity index (χ0v) is 12.4. The molecule has 3 aromatic rings.